The van der Waals surface area contributed by atoms with Gasteiger partial charge < -0.3 is 13.7 Å². The number of fused-ring (bicyclic) bond motifs is 1. The molecule has 4 nitrogen and oxygen atoms in total. The standard InChI is InChI=1S/C18H13NO3/c1-20-18-13(7-8-16-14(18)9-10-21-16)15-11-17(22-19-15)12-5-3-2-4-6-12/h2-11H,1H3. The van der Waals surface area contributed by atoms with Crippen LogP contribution in [0.5, 0.6) is 5.75 Å². The van der Waals surface area contributed by atoms with Gasteiger partial charge in [-0.05, 0) is 18.2 Å². The average Bonchev–Trinajstić information content (AvgIpc) is 3.23. The first-order valence-electron chi connectivity index (χ1n) is 6.93. The van der Waals surface area contributed by atoms with Crippen LogP contribution < -0.4 is 4.74 Å². The minimum absolute atomic E-state index is 0.727. The van der Waals surface area contributed by atoms with Crippen LogP contribution in [0.15, 0.2) is 69.8 Å². The molecule has 0 atom stereocenters. The predicted molar refractivity (Wildman–Crippen MR) is 83.7 cm³/mol. The Hall–Kier alpha value is -3.01. The molecule has 4 rings (SSSR count). The van der Waals surface area contributed by atoms with Gasteiger partial charge in [-0.15, -0.1) is 0 Å². The second kappa shape index (κ2) is 5.07. The first-order chi connectivity index (χ1) is 10.9. The first kappa shape index (κ1) is 12.7. The van der Waals surface area contributed by atoms with Crippen LogP contribution in [0.4, 0.5) is 0 Å². The molecule has 0 radical (unpaired) electrons. The Balaban J connectivity index is 1.84. The van der Waals surface area contributed by atoms with Gasteiger partial charge >= 0.3 is 0 Å². The summed E-state index contributed by atoms with van der Waals surface area (Å²) >= 11 is 0. The smallest absolute Gasteiger partial charge is 0.167 e. The number of hydrogen-bond donors (Lipinski definition) is 0. The average molecular weight is 291 g/mol. The van der Waals surface area contributed by atoms with Gasteiger partial charge in [0.05, 0.1) is 18.8 Å². The maximum atomic E-state index is 5.54. The molecule has 0 N–H and O–H groups in total. The molecule has 0 saturated carbocycles. The Labute approximate surface area is 126 Å². The number of nitrogens with zero attached hydrogens (tertiary/aromatic N) is 1. The fourth-order valence-electron chi connectivity index (χ4n) is 2.58. The fraction of sp³-hybridized carbons (Fsp3) is 0.0556. The summed E-state index contributed by atoms with van der Waals surface area (Å²) in [6.07, 6.45) is 1.65. The number of ether oxygens (including phenoxy) is 1. The summed E-state index contributed by atoms with van der Waals surface area (Å²) in [6, 6.07) is 17.5. The summed E-state index contributed by atoms with van der Waals surface area (Å²) in [5.74, 6) is 1.46. The lowest BCUT2D eigenvalue weighted by Crippen LogP contribution is -1.88. The molecular weight excluding hydrogens is 278 g/mol. The van der Waals surface area contributed by atoms with Gasteiger partial charge in [-0.2, -0.15) is 0 Å². The van der Waals surface area contributed by atoms with Gasteiger partial charge in [0.1, 0.15) is 17.0 Å². The van der Waals surface area contributed by atoms with Gasteiger partial charge in [0.25, 0.3) is 0 Å². The number of aromatic nitrogens is 1. The van der Waals surface area contributed by atoms with Crippen LogP contribution in [0.2, 0.25) is 0 Å². The van der Waals surface area contributed by atoms with Crippen LogP contribution in [0.25, 0.3) is 33.6 Å². The number of hydrogen-bond acceptors (Lipinski definition) is 4. The molecule has 2 heterocycles. The van der Waals surface area contributed by atoms with Gasteiger partial charge in [0.15, 0.2) is 5.76 Å². The van der Waals surface area contributed by atoms with E-state index in [-0.39, 0.29) is 0 Å². The lowest BCUT2D eigenvalue weighted by atomic mass is 10.1. The summed E-state index contributed by atoms with van der Waals surface area (Å²) in [5.41, 5.74) is 3.39. The maximum Gasteiger partial charge on any atom is 0.167 e. The normalized spacial score (nSPS) is 11.0. The summed E-state index contributed by atoms with van der Waals surface area (Å²) in [4.78, 5) is 0. The highest BCUT2D eigenvalue weighted by Crippen LogP contribution is 2.37. The van der Waals surface area contributed by atoms with Gasteiger partial charge in [0.2, 0.25) is 0 Å². The van der Waals surface area contributed by atoms with Crippen molar-refractivity contribution in [2.75, 3.05) is 7.11 Å². The van der Waals surface area contributed by atoms with E-state index >= 15 is 0 Å². The molecule has 0 saturated heterocycles. The maximum absolute atomic E-state index is 5.54. The zero-order valence-corrected chi connectivity index (χ0v) is 11.9. The van der Waals surface area contributed by atoms with Crippen LogP contribution in [0.1, 0.15) is 0 Å². The third-order valence-electron chi connectivity index (χ3n) is 3.63. The van der Waals surface area contributed by atoms with Gasteiger partial charge in [0, 0.05) is 17.2 Å². The largest absolute Gasteiger partial charge is 0.495 e. The molecule has 0 fully saturated rings. The van der Waals surface area contributed by atoms with Crippen LogP contribution >= 0.6 is 0 Å². The summed E-state index contributed by atoms with van der Waals surface area (Å²) < 4.78 is 16.4. The molecule has 108 valence electrons. The molecule has 0 aliphatic heterocycles. The minimum atomic E-state index is 0.727. The zero-order chi connectivity index (χ0) is 14.9. The Morgan fingerprint density at radius 2 is 1.86 bits per heavy atom. The van der Waals surface area contributed by atoms with Crippen molar-refractivity contribution in [3.8, 4) is 28.3 Å². The van der Waals surface area contributed by atoms with Crippen molar-refractivity contribution < 1.29 is 13.7 Å². The molecule has 0 unspecified atom stereocenters. The van der Waals surface area contributed by atoms with Crippen molar-refractivity contribution in [1.29, 1.82) is 0 Å². The van der Waals surface area contributed by atoms with Gasteiger partial charge in [-0.1, -0.05) is 35.5 Å². The SMILES string of the molecule is COc1c(-c2cc(-c3ccccc3)on2)ccc2occc12. The number of rotatable bonds is 3. The van der Waals surface area contributed by atoms with Crippen molar-refractivity contribution >= 4 is 11.0 Å². The summed E-state index contributed by atoms with van der Waals surface area (Å²) in [5, 5.41) is 5.10. The Morgan fingerprint density at radius 3 is 2.68 bits per heavy atom. The van der Waals surface area contributed by atoms with Crippen molar-refractivity contribution in [3.63, 3.8) is 0 Å². The molecule has 2 aromatic carbocycles. The highest BCUT2D eigenvalue weighted by molar-refractivity contribution is 5.91. The molecule has 0 aliphatic rings. The van der Waals surface area contributed by atoms with Crippen LogP contribution in [0, 0.1) is 0 Å². The van der Waals surface area contributed by atoms with Crippen molar-refractivity contribution in [3.05, 3.63) is 60.9 Å². The third kappa shape index (κ3) is 1.97. The van der Waals surface area contributed by atoms with Crippen LogP contribution in [0.3, 0.4) is 0 Å². The van der Waals surface area contributed by atoms with E-state index in [1.165, 1.54) is 0 Å². The monoisotopic (exact) mass is 291 g/mol. The molecule has 4 aromatic rings. The third-order valence-corrected chi connectivity index (χ3v) is 3.63. The van der Waals surface area contributed by atoms with Gasteiger partial charge in [-0.3, -0.25) is 0 Å². The lowest BCUT2D eigenvalue weighted by molar-refractivity contribution is 0.417. The number of methoxy groups -OCH3 is 1. The highest BCUT2D eigenvalue weighted by Gasteiger charge is 2.16. The quantitative estimate of drug-likeness (QED) is 0.546. The second-order valence-corrected chi connectivity index (χ2v) is 4.92. The Morgan fingerprint density at radius 1 is 1.00 bits per heavy atom. The minimum Gasteiger partial charge on any atom is -0.495 e. The molecule has 4 heteroatoms. The Bertz CT molecular complexity index is 922. The summed E-state index contributed by atoms with van der Waals surface area (Å²) in [7, 11) is 1.64. The van der Waals surface area contributed by atoms with Crippen molar-refractivity contribution in [1.82, 2.24) is 5.16 Å². The van der Waals surface area contributed by atoms with Crippen molar-refractivity contribution in [2.45, 2.75) is 0 Å². The van der Waals surface area contributed by atoms with E-state index in [0.29, 0.717) is 0 Å². The van der Waals surface area contributed by atoms with Gasteiger partial charge in [-0.25, -0.2) is 0 Å². The first-order valence-corrected chi connectivity index (χ1v) is 6.93. The van der Waals surface area contributed by atoms with E-state index in [9.17, 15) is 0 Å². The van der Waals surface area contributed by atoms with Crippen LogP contribution in [-0.2, 0) is 0 Å². The molecule has 0 bridgehead atoms. The van der Waals surface area contributed by atoms with E-state index in [2.05, 4.69) is 5.16 Å². The molecule has 0 spiro atoms. The molecular formula is C18H13NO3. The highest BCUT2D eigenvalue weighted by atomic mass is 16.5. The topological polar surface area (TPSA) is 48.4 Å². The van der Waals surface area contributed by atoms with Crippen molar-refractivity contribution in [2.24, 2.45) is 0 Å². The molecule has 2 aromatic heterocycles. The van der Waals surface area contributed by atoms with E-state index in [4.69, 9.17) is 13.7 Å². The fourth-order valence-corrected chi connectivity index (χ4v) is 2.58. The molecule has 0 amide bonds. The van der Waals surface area contributed by atoms with E-state index in [1.807, 2.05) is 54.6 Å². The zero-order valence-electron chi connectivity index (χ0n) is 11.9. The van der Waals surface area contributed by atoms with E-state index < -0.39 is 0 Å². The van der Waals surface area contributed by atoms with E-state index in [1.54, 1.807) is 13.4 Å². The molecule has 0 aliphatic carbocycles. The Kier molecular flexibility index (Phi) is 2.93. The predicted octanol–water partition coefficient (Wildman–Crippen LogP) is 4.76. The lowest BCUT2D eigenvalue weighted by Gasteiger charge is -2.06. The van der Waals surface area contributed by atoms with Crippen LogP contribution in [-0.4, -0.2) is 12.3 Å². The molecule has 22 heavy (non-hydrogen) atoms. The second-order valence-electron chi connectivity index (χ2n) is 4.92. The summed E-state index contributed by atoms with van der Waals surface area (Å²) in [6.45, 7) is 0. The van der Waals surface area contributed by atoms with E-state index in [0.717, 1.165) is 39.3 Å². The number of benzene rings is 2. The number of furan rings is 1.